The molecule has 126 valence electrons. The molecule has 3 rings (SSSR count). The number of benzene rings is 1. The van der Waals surface area contributed by atoms with Gasteiger partial charge < -0.3 is 10.1 Å². The molecule has 1 aromatic carbocycles. The van der Waals surface area contributed by atoms with E-state index in [0.29, 0.717) is 12.5 Å². The lowest BCUT2D eigenvalue weighted by Gasteiger charge is -2.45. The molecule has 2 aliphatic rings. The van der Waals surface area contributed by atoms with Crippen molar-refractivity contribution in [2.75, 3.05) is 13.1 Å². The molecule has 1 N–H and O–H groups in total. The first-order chi connectivity index (χ1) is 11.2. The fourth-order valence-electron chi connectivity index (χ4n) is 3.62. The van der Waals surface area contributed by atoms with Crippen LogP contribution in [0.4, 0.5) is 4.79 Å². The van der Waals surface area contributed by atoms with E-state index < -0.39 is 0 Å². The highest BCUT2D eigenvalue weighted by Crippen LogP contribution is 2.30. The summed E-state index contributed by atoms with van der Waals surface area (Å²) in [7, 11) is 0. The molecule has 23 heavy (non-hydrogen) atoms. The highest BCUT2D eigenvalue weighted by Gasteiger charge is 2.33. The van der Waals surface area contributed by atoms with Gasteiger partial charge in [-0.05, 0) is 30.7 Å². The molecule has 0 spiro atoms. The van der Waals surface area contributed by atoms with Crippen LogP contribution in [0.15, 0.2) is 30.3 Å². The second-order valence-electron chi connectivity index (χ2n) is 6.95. The smallest absolute Gasteiger partial charge is 0.407 e. The van der Waals surface area contributed by atoms with Crippen molar-refractivity contribution in [3.8, 4) is 0 Å². The summed E-state index contributed by atoms with van der Waals surface area (Å²) in [6.45, 7) is 4.75. The van der Waals surface area contributed by atoms with Gasteiger partial charge in [-0.1, -0.05) is 50.1 Å². The molecule has 1 saturated heterocycles. The van der Waals surface area contributed by atoms with Crippen molar-refractivity contribution in [1.29, 1.82) is 0 Å². The van der Waals surface area contributed by atoms with Gasteiger partial charge in [-0.15, -0.1) is 0 Å². The SMILES string of the molecule is CCC1CC(NC(=O)OCc2ccccc2)CN(C2CCC2)C1. The Labute approximate surface area is 139 Å². The quantitative estimate of drug-likeness (QED) is 0.903. The second-order valence-corrected chi connectivity index (χ2v) is 6.95. The van der Waals surface area contributed by atoms with E-state index in [9.17, 15) is 4.79 Å². The Kier molecular flexibility index (Phi) is 5.55. The average Bonchev–Trinajstić information content (AvgIpc) is 2.52. The molecular formula is C19H28N2O2. The Balaban J connectivity index is 1.48. The van der Waals surface area contributed by atoms with Crippen LogP contribution in [0.5, 0.6) is 0 Å². The van der Waals surface area contributed by atoms with Crippen LogP contribution >= 0.6 is 0 Å². The second kappa shape index (κ2) is 7.82. The van der Waals surface area contributed by atoms with Gasteiger partial charge in [0, 0.05) is 25.2 Å². The van der Waals surface area contributed by atoms with Gasteiger partial charge in [0.25, 0.3) is 0 Å². The predicted molar refractivity (Wildman–Crippen MR) is 91.2 cm³/mol. The van der Waals surface area contributed by atoms with Crippen LogP contribution in [-0.4, -0.2) is 36.2 Å². The minimum Gasteiger partial charge on any atom is -0.445 e. The van der Waals surface area contributed by atoms with Gasteiger partial charge in [0.05, 0.1) is 0 Å². The third kappa shape index (κ3) is 4.47. The van der Waals surface area contributed by atoms with Crippen molar-refractivity contribution in [2.24, 2.45) is 5.92 Å². The van der Waals surface area contributed by atoms with Gasteiger partial charge in [0.15, 0.2) is 0 Å². The number of ether oxygens (including phenoxy) is 1. The van der Waals surface area contributed by atoms with Crippen LogP contribution in [0, 0.1) is 5.92 Å². The number of hydrogen-bond acceptors (Lipinski definition) is 3. The van der Waals surface area contributed by atoms with E-state index in [4.69, 9.17) is 4.74 Å². The Morgan fingerprint density at radius 3 is 2.70 bits per heavy atom. The van der Waals surface area contributed by atoms with Gasteiger partial charge >= 0.3 is 6.09 Å². The molecule has 1 heterocycles. The molecule has 0 aromatic heterocycles. The van der Waals surface area contributed by atoms with Gasteiger partial charge in [0.1, 0.15) is 6.61 Å². The summed E-state index contributed by atoms with van der Waals surface area (Å²) in [5.41, 5.74) is 1.02. The lowest BCUT2D eigenvalue weighted by Crippen LogP contribution is -2.55. The number of carbonyl (C=O) groups excluding carboxylic acids is 1. The van der Waals surface area contributed by atoms with Crippen molar-refractivity contribution in [3.05, 3.63) is 35.9 Å². The summed E-state index contributed by atoms with van der Waals surface area (Å²) in [6, 6.07) is 10.8. The normalized spacial score (nSPS) is 25.6. The number of nitrogens with one attached hydrogen (secondary N) is 1. The number of alkyl carbamates (subject to hydrolysis) is 1. The minimum atomic E-state index is -0.288. The number of piperidine rings is 1. The fourth-order valence-corrected chi connectivity index (χ4v) is 3.62. The topological polar surface area (TPSA) is 41.6 Å². The first kappa shape index (κ1) is 16.3. The maximum atomic E-state index is 12.1. The van der Waals surface area contributed by atoms with E-state index in [1.165, 1.54) is 32.2 Å². The molecule has 1 saturated carbocycles. The van der Waals surface area contributed by atoms with Gasteiger partial charge in [-0.3, -0.25) is 4.90 Å². The van der Waals surface area contributed by atoms with E-state index in [1.54, 1.807) is 0 Å². The van der Waals surface area contributed by atoms with E-state index in [2.05, 4.69) is 17.1 Å². The number of likely N-dealkylation sites (tertiary alicyclic amines) is 1. The summed E-state index contributed by atoms with van der Waals surface area (Å²) in [5, 5.41) is 3.08. The lowest BCUT2D eigenvalue weighted by molar-refractivity contribution is 0.0541. The zero-order valence-electron chi connectivity index (χ0n) is 14.0. The third-order valence-corrected chi connectivity index (χ3v) is 5.27. The van der Waals surface area contributed by atoms with Crippen LogP contribution < -0.4 is 5.32 Å². The van der Waals surface area contributed by atoms with Crippen molar-refractivity contribution < 1.29 is 9.53 Å². The van der Waals surface area contributed by atoms with E-state index in [1.807, 2.05) is 30.3 Å². The predicted octanol–water partition coefficient (Wildman–Crippen LogP) is 3.57. The van der Waals surface area contributed by atoms with Crippen LogP contribution in [-0.2, 0) is 11.3 Å². The molecule has 0 bridgehead atoms. The summed E-state index contributed by atoms with van der Waals surface area (Å²) >= 11 is 0. The Morgan fingerprint density at radius 1 is 1.26 bits per heavy atom. The number of hydrogen-bond donors (Lipinski definition) is 1. The molecule has 2 fully saturated rings. The lowest BCUT2D eigenvalue weighted by atomic mass is 9.85. The van der Waals surface area contributed by atoms with Crippen molar-refractivity contribution in [3.63, 3.8) is 0 Å². The van der Waals surface area contributed by atoms with Gasteiger partial charge in [-0.25, -0.2) is 4.79 Å². The van der Waals surface area contributed by atoms with Crippen LogP contribution in [0.25, 0.3) is 0 Å². The zero-order chi connectivity index (χ0) is 16.1. The molecule has 1 aliphatic carbocycles. The van der Waals surface area contributed by atoms with Crippen LogP contribution in [0.1, 0.15) is 44.6 Å². The summed E-state index contributed by atoms with van der Waals surface area (Å²) < 4.78 is 5.37. The Morgan fingerprint density at radius 2 is 2.04 bits per heavy atom. The monoisotopic (exact) mass is 316 g/mol. The number of rotatable bonds is 5. The average molecular weight is 316 g/mol. The molecule has 4 nitrogen and oxygen atoms in total. The van der Waals surface area contributed by atoms with Crippen LogP contribution in [0.2, 0.25) is 0 Å². The van der Waals surface area contributed by atoms with Gasteiger partial charge in [0.2, 0.25) is 0 Å². The molecule has 0 radical (unpaired) electrons. The van der Waals surface area contributed by atoms with E-state index in [-0.39, 0.29) is 12.1 Å². The van der Waals surface area contributed by atoms with Crippen LogP contribution in [0.3, 0.4) is 0 Å². The molecule has 2 atom stereocenters. The van der Waals surface area contributed by atoms with Crippen molar-refractivity contribution in [1.82, 2.24) is 10.2 Å². The van der Waals surface area contributed by atoms with Crippen molar-refractivity contribution in [2.45, 2.75) is 57.7 Å². The Bertz CT molecular complexity index is 501. The van der Waals surface area contributed by atoms with Gasteiger partial charge in [-0.2, -0.15) is 0 Å². The molecule has 4 heteroatoms. The molecule has 1 amide bonds. The maximum Gasteiger partial charge on any atom is 0.407 e. The first-order valence-electron chi connectivity index (χ1n) is 8.96. The largest absolute Gasteiger partial charge is 0.445 e. The molecule has 1 aliphatic heterocycles. The third-order valence-electron chi connectivity index (χ3n) is 5.27. The number of nitrogens with zero attached hydrogens (tertiary/aromatic N) is 1. The highest BCUT2D eigenvalue weighted by molar-refractivity contribution is 5.67. The van der Waals surface area contributed by atoms with Crippen molar-refractivity contribution >= 4 is 6.09 Å². The summed E-state index contributed by atoms with van der Waals surface area (Å²) in [4.78, 5) is 14.7. The van der Waals surface area contributed by atoms with E-state index >= 15 is 0 Å². The minimum absolute atomic E-state index is 0.220. The maximum absolute atomic E-state index is 12.1. The molecular weight excluding hydrogens is 288 g/mol. The number of amides is 1. The van der Waals surface area contributed by atoms with E-state index in [0.717, 1.165) is 24.6 Å². The highest BCUT2D eigenvalue weighted by atomic mass is 16.5. The summed E-state index contributed by atoms with van der Waals surface area (Å²) in [6.07, 6.45) is 5.96. The zero-order valence-corrected chi connectivity index (χ0v) is 14.0. The number of carbonyl (C=O) groups is 1. The fraction of sp³-hybridized carbons (Fsp3) is 0.632. The standard InChI is InChI=1S/C19H28N2O2/c1-2-15-11-17(13-21(12-15)18-9-6-10-18)20-19(22)23-14-16-7-4-3-5-8-16/h3-5,7-8,15,17-18H,2,6,9-14H2,1H3,(H,20,22). The Hall–Kier alpha value is -1.55. The first-order valence-corrected chi connectivity index (χ1v) is 8.96. The molecule has 1 aromatic rings. The summed E-state index contributed by atoms with van der Waals surface area (Å²) in [5.74, 6) is 0.684. The molecule has 2 unspecified atom stereocenters.